The molecule has 0 saturated carbocycles. The summed E-state index contributed by atoms with van der Waals surface area (Å²) in [5.41, 5.74) is 2.73. The summed E-state index contributed by atoms with van der Waals surface area (Å²) in [6, 6.07) is 16.9. The van der Waals surface area contributed by atoms with Crippen LogP contribution in [-0.4, -0.2) is 100.0 Å². The number of carbonyl (C=O) groups excluding carboxylic acids is 2. The Bertz CT molecular complexity index is 1700. The Morgan fingerprint density at radius 3 is 2.39 bits per heavy atom. The van der Waals surface area contributed by atoms with Crippen LogP contribution in [0, 0.1) is 11.3 Å². The number of benzene rings is 1. The van der Waals surface area contributed by atoms with Crippen molar-refractivity contribution in [3.63, 3.8) is 0 Å². The minimum absolute atomic E-state index is 0.254. The molecule has 11 nitrogen and oxygen atoms in total. The second-order valence-corrected chi connectivity index (χ2v) is 13.0. The zero-order valence-corrected chi connectivity index (χ0v) is 30.3. The maximum Gasteiger partial charge on any atom is 0.448 e. The number of ether oxygens (including phenoxy) is 4. The van der Waals surface area contributed by atoms with E-state index in [-0.39, 0.29) is 18.4 Å². The number of rotatable bonds is 22. The molecule has 2 amide bonds. The Labute approximate surface area is 303 Å². The summed E-state index contributed by atoms with van der Waals surface area (Å²) < 4.78 is 37.9. The number of unbranched alkanes of at least 4 members (excludes halogenated alkanes) is 1. The smallest absolute Gasteiger partial charge is 0.448 e. The summed E-state index contributed by atoms with van der Waals surface area (Å²) in [5.74, 6) is -0.170. The molecule has 0 saturated heterocycles. The molecule has 0 spiro atoms. The van der Waals surface area contributed by atoms with E-state index in [1.54, 1.807) is 48.8 Å². The van der Waals surface area contributed by atoms with Crippen LogP contribution >= 0.6 is 11.3 Å². The summed E-state index contributed by atoms with van der Waals surface area (Å²) in [6.07, 6.45) is 7.55. The van der Waals surface area contributed by atoms with Gasteiger partial charge in [0.1, 0.15) is 11.3 Å². The highest BCUT2D eigenvalue weighted by Crippen LogP contribution is 2.27. The molecule has 1 aliphatic rings. The van der Waals surface area contributed by atoms with E-state index in [0.717, 1.165) is 28.3 Å². The predicted molar refractivity (Wildman–Crippen MR) is 199 cm³/mol. The summed E-state index contributed by atoms with van der Waals surface area (Å²) in [5, 5.41) is 13.4. The fraction of sp³-hybridized carbons (Fsp3) is 0.405. The first-order chi connectivity index (χ1) is 24.7. The normalized spacial score (nSPS) is 13.2. The van der Waals surface area contributed by atoms with Crippen molar-refractivity contribution < 1.29 is 32.9 Å². The highest BCUT2D eigenvalue weighted by molar-refractivity contribution is 7.12. The minimum Gasteiger partial charge on any atom is -0.484 e. The molecule has 0 fully saturated rings. The topological polar surface area (TPSA) is 127 Å². The van der Waals surface area contributed by atoms with Gasteiger partial charge in [-0.1, -0.05) is 6.07 Å². The molecule has 0 bridgehead atoms. The van der Waals surface area contributed by atoms with E-state index in [4.69, 9.17) is 24.2 Å². The number of amides is 2. The van der Waals surface area contributed by atoms with E-state index in [9.17, 15) is 13.9 Å². The van der Waals surface area contributed by atoms with Crippen LogP contribution in [0.5, 0.6) is 5.75 Å². The molecule has 1 aromatic carbocycles. The molecule has 0 aliphatic carbocycles. The van der Waals surface area contributed by atoms with E-state index >= 15 is 0 Å². The first-order valence-electron chi connectivity index (χ1n) is 16.9. The van der Waals surface area contributed by atoms with Crippen LogP contribution in [0.1, 0.15) is 43.7 Å². The molecule has 0 unspecified atom stereocenters. The van der Waals surface area contributed by atoms with Gasteiger partial charge >= 0.3 is 7.69 Å². The van der Waals surface area contributed by atoms with E-state index in [1.807, 2.05) is 60.0 Å². The maximum atomic E-state index is 14.2. The van der Waals surface area contributed by atoms with Gasteiger partial charge in [0.2, 0.25) is 5.91 Å². The molecule has 2 aromatic heterocycles. The number of aliphatic imine (C=N–C) groups is 1. The third-order valence-electron chi connectivity index (χ3n) is 8.22. The Morgan fingerprint density at radius 2 is 1.73 bits per heavy atom. The summed E-state index contributed by atoms with van der Waals surface area (Å²) in [7, 11) is 0.866. The van der Waals surface area contributed by atoms with Gasteiger partial charge in [0, 0.05) is 44.6 Å². The van der Waals surface area contributed by atoms with Crippen LogP contribution in [-0.2, 0) is 23.8 Å². The number of nitrogens with zero attached hydrogens (tertiary/aromatic N) is 4. The summed E-state index contributed by atoms with van der Waals surface area (Å²) >= 11 is 1.62. The predicted octanol–water partition coefficient (Wildman–Crippen LogP) is 5.18. The van der Waals surface area contributed by atoms with Crippen molar-refractivity contribution in [2.45, 2.75) is 38.6 Å². The molecule has 3 heterocycles. The Morgan fingerprint density at radius 1 is 1.02 bits per heavy atom. The van der Waals surface area contributed by atoms with Crippen molar-refractivity contribution in [1.82, 2.24) is 14.7 Å². The van der Waals surface area contributed by atoms with E-state index in [0.29, 0.717) is 76.2 Å². The number of carbonyl (C=O) groups is 2. The molecule has 4 rings (SSSR count). The maximum absolute atomic E-state index is 14.2. The molecular formula is C37H45BFN5O6S. The molecule has 270 valence electrons. The number of nitriles is 1. The van der Waals surface area contributed by atoms with Gasteiger partial charge in [0.05, 0.1) is 48.8 Å². The van der Waals surface area contributed by atoms with E-state index in [1.165, 1.54) is 4.90 Å². The van der Waals surface area contributed by atoms with Gasteiger partial charge in [-0.25, -0.2) is 4.99 Å². The molecule has 0 atom stereocenters. The van der Waals surface area contributed by atoms with Crippen LogP contribution < -0.4 is 10.1 Å². The van der Waals surface area contributed by atoms with Crippen LogP contribution in [0.4, 0.5) is 4.32 Å². The summed E-state index contributed by atoms with van der Waals surface area (Å²) in [4.78, 5) is 33.0. The second-order valence-electron chi connectivity index (χ2n) is 12.1. The molecule has 1 aliphatic heterocycles. The lowest BCUT2D eigenvalue weighted by Crippen LogP contribution is -2.56. The number of hydrogen-bond acceptors (Lipinski definition) is 9. The number of likely N-dealkylation sites (N-methyl/N-ethyl adjacent to an activating group) is 1. The van der Waals surface area contributed by atoms with Crippen LogP contribution in [0.3, 0.4) is 0 Å². The van der Waals surface area contributed by atoms with E-state index in [2.05, 4.69) is 16.4 Å². The molecule has 3 aromatic rings. The number of hydrogen-bond donors (Lipinski definition) is 1. The van der Waals surface area contributed by atoms with Gasteiger partial charge in [-0.15, -0.1) is 11.3 Å². The van der Waals surface area contributed by atoms with Crippen LogP contribution in [0.25, 0.3) is 17.3 Å². The van der Waals surface area contributed by atoms with Gasteiger partial charge in [-0.3, -0.25) is 9.59 Å². The Balaban J connectivity index is 1.16. The lowest BCUT2D eigenvalue weighted by atomic mass is 10.0. The van der Waals surface area contributed by atoms with Crippen LogP contribution in [0.2, 0.25) is 0 Å². The molecule has 51 heavy (non-hydrogen) atoms. The second kappa shape index (κ2) is 20.3. The highest BCUT2D eigenvalue weighted by atomic mass is 32.1. The number of halogens is 1. The summed E-state index contributed by atoms with van der Waals surface area (Å²) in [6.45, 7) is 6.34. The fourth-order valence-corrected chi connectivity index (χ4v) is 5.68. The number of allylic oxidation sites excluding steroid dienone is 2. The zero-order valence-electron chi connectivity index (χ0n) is 29.4. The number of thiophene rings is 1. The lowest BCUT2D eigenvalue weighted by molar-refractivity contribution is -0.145. The van der Waals surface area contributed by atoms with Crippen molar-refractivity contribution in [2.24, 2.45) is 4.99 Å². The third-order valence-corrected chi connectivity index (χ3v) is 9.11. The first kappa shape index (κ1) is 39.2. The Kier molecular flexibility index (Phi) is 15.7. The monoisotopic (exact) mass is 717 g/mol. The van der Waals surface area contributed by atoms with Crippen molar-refractivity contribution in [3.05, 3.63) is 82.3 Å². The van der Waals surface area contributed by atoms with Crippen molar-refractivity contribution in [1.29, 1.82) is 5.26 Å². The first-order valence-corrected chi connectivity index (χ1v) is 17.8. The van der Waals surface area contributed by atoms with Gasteiger partial charge in [-0.05, 0) is 98.3 Å². The quantitative estimate of drug-likeness (QED) is 0.112. The van der Waals surface area contributed by atoms with Gasteiger partial charge in [0.15, 0.2) is 6.61 Å². The molecule has 0 radical (unpaired) electrons. The average Bonchev–Trinajstić information content (AvgIpc) is 3.92. The van der Waals surface area contributed by atoms with Crippen molar-refractivity contribution in [3.8, 4) is 23.1 Å². The van der Waals surface area contributed by atoms with Gasteiger partial charge in [-0.2, -0.15) is 5.26 Å². The van der Waals surface area contributed by atoms with Crippen molar-refractivity contribution >= 4 is 42.6 Å². The molecule has 1 N–H and O–H groups in total. The molecular weight excluding hydrogens is 672 g/mol. The highest BCUT2D eigenvalue weighted by Gasteiger charge is 2.35. The number of aromatic nitrogens is 1. The molecule has 14 heteroatoms. The third kappa shape index (κ3) is 11.8. The van der Waals surface area contributed by atoms with Crippen LogP contribution in [0.15, 0.2) is 76.8 Å². The zero-order chi connectivity index (χ0) is 36.5. The van der Waals surface area contributed by atoms with E-state index < -0.39 is 13.2 Å². The van der Waals surface area contributed by atoms with Crippen molar-refractivity contribution in [2.75, 3.05) is 59.8 Å². The lowest BCUT2D eigenvalue weighted by Gasteiger charge is -2.34. The Hall–Kier alpha value is -4.55. The minimum atomic E-state index is -1.11. The standard InChI is InChI=1S/C37H45BFN5O6S/c1-37(2,36(46)41-18-7-20-48-22-24-49-23-21-47-19-5-4-17-40)43(3)35(45)27-50-31-13-9-28(10-14-31)33-16-12-30(44(33)38-39)26-29-11-15-32(42-29)34-8-6-25-51-34/h6,8-16,25-26,38H,4-5,7,18-24,27H2,1-3H3,(H,41,46)/b29-26-. The SMILES string of the molecule is CN(C(=O)COc1ccc(-c2ccc(/C=C3/C=CC(c4cccs4)=N3)n2BF)cc1)C(C)(C)C(=O)NCCCOCCOCCOCCCC#N. The average molecular weight is 718 g/mol. The largest absolute Gasteiger partial charge is 0.484 e. The van der Waals surface area contributed by atoms with Gasteiger partial charge < -0.3 is 38.0 Å². The fourth-order valence-electron chi connectivity index (χ4n) is 4.98. The van der Waals surface area contributed by atoms with Gasteiger partial charge in [0.25, 0.3) is 5.91 Å². The number of nitrogens with one attached hydrogen (secondary N) is 1.